The molecule has 1 saturated heterocycles. The number of ether oxygens (including phenoxy) is 2. The van der Waals surface area contributed by atoms with Crippen LogP contribution in [0.4, 0.5) is 10.8 Å². The Morgan fingerprint density at radius 2 is 1.78 bits per heavy atom. The molecule has 2 aromatic carbocycles. The molecule has 3 aromatic rings. The maximum absolute atomic E-state index is 5.58. The van der Waals surface area contributed by atoms with Gasteiger partial charge in [-0.05, 0) is 81.6 Å². The Labute approximate surface area is 196 Å². The van der Waals surface area contributed by atoms with Crippen LogP contribution < -0.4 is 14.4 Å². The molecule has 1 aromatic heterocycles. The van der Waals surface area contributed by atoms with Crippen molar-refractivity contribution in [2.24, 2.45) is 0 Å². The third-order valence-corrected chi connectivity index (χ3v) is 7.36. The maximum Gasteiger partial charge on any atom is 0.190 e. The third kappa shape index (κ3) is 5.36. The van der Waals surface area contributed by atoms with Crippen molar-refractivity contribution < 1.29 is 9.47 Å². The largest absolute Gasteiger partial charge is 0.493 e. The van der Waals surface area contributed by atoms with Crippen molar-refractivity contribution in [3.05, 3.63) is 42.0 Å². The Bertz CT molecular complexity index is 1010. The molecular weight excluding hydrogens is 418 g/mol. The predicted molar refractivity (Wildman–Crippen MR) is 135 cm³/mol. The van der Waals surface area contributed by atoms with Crippen molar-refractivity contribution in [2.45, 2.75) is 45.4 Å². The highest BCUT2D eigenvalue weighted by Crippen LogP contribution is 2.38. The van der Waals surface area contributed by atoms with E-state index in [0.29, 0.717) is 0 Å². The molecule has 172 valence electrons. The van der Waals surface area contributed by atoms with Crippen LogP contribution in [0.1, 0.15) is 44.6 Å². The number of rotatable bonds is 10. The van der Waals surface area contributed by atoms with Gasteiger partial charge in [-0.2, -0.15) is 0 Å². The molecule has 4 rings (SSSR count). The quantitative estimate of drug-likeness (QED) is 0.338. The zero-order valence-corrected chi connectivity index (χ0v) is 20.4. The molecule has 1 fully saturated rings. The number of aromatic nitrogens is 1. The monoisotopic (exact) mass is 453 g/mol. The van der Waals surface area contributed by atoms with Crippen LogP contribution in [0.5, 0.6) is 11.5 Å². The predicted octanol–water partition coefficient (Wildman–Crippen LogP) is 6.28. The first-order valence-corrected chi connectivity index (χ1v) is 12.6. The second kappa shape index (κ2) is 11.0. The number of unbranched alkanes of at least 4 members (excludes halogenated alkanes) is 1. The molecule has 2 heterocycles. The lowest BCUT2D eigenvalue weighted by Gasteiger charge is -2.27. The van der Waals surface area contributed by atoms with Gasteiger partial charge in [0.1, 0.15) is 0 Å². The molecule has 5 nitrogen and oxygen atoms in total. The maximum atomic E-state index is 5.58. The minimum absolute atomic E-state index is 0.748. The Kier molecular flexibility index (Phi) is 7.87. The summed E-state index contributed by atoms with van der Waals surface area (Å²) < 4.78 is 12.3. The van der Waals surface area contributed by atoms with Crippen molar-refractivity contribution in [1.29, 1.82) is 0 Å². The van der Waals surface area contributed by atoms with Crippen molar-refractivity contribution in [1.82, 2.24) is 9.88 Å². The van der Waals surface area contributed by atoms with E-state index in [1.165, 1.54) is 55.6 Å². The van der Waals surface area contributed by atoms with Crippen molar-refractivity contribution in [2.75, 3.05) is 45.3 Å². The SMILES string of the molecule is CCc1ccc2nc(N(CCCCN3CCCCC3)c3ccc(OC)c(OC)c3)sc2c1. The molecule has 0 bridgehead atoms. The molecule has 0 unspecified atom stereocenters. The standard InChI is InChI=1S/C26H35N3O2S/c1-4-20-10-12-22-25(18-20)32-26(27-22)29(17-9-8-16-28-14-6-5-7-15-28)21-11-13-23(30-2)24(19-21)31-3/h10-13,18-19H,4-9,14-17H2,1-3H3. The fourth-order valence-electron chi connectivity index (χ4n) is 4.41. The summed E-state index contributed by atoms with van der Waals surface area (Å²) in [5.41, 5.74) is 3.52. The van der Waals surface area contributed by atoms with Crippen LogP contribution in [-0.4, -0.2) is 50.3 Å². The number of hydrogen-bond acceptors (Lipinski definition) is 6. The molecule has 0 aliphatic carbocycles. The smallest absolute Gasteiger partial charge is 0.190 e. The van der Waals surface area contributed by atoms with Gasteiger partial charge in [-0.15, -0.1) is 0 Å². The van der Waals surface area contributed by atoms with Gasteiger partial charge in [0, 0.05) is 18.3 Å². The first kappa shape index (κ1) is 22.9. The number of nitrogens with zero attached hydrogens (tertiary/aromatic N) is 3. The Hall–Kier alpha value is -2.31. The van der Waals surface area contributed by atoms with Gasteiger partial charge in [-0.3, -0.25) is 0 Å². The fraction of sp³-hybridized carbons (Fsp3) is 0.500. The van der Waals surface area contributed by atoms with Gasteiger partial charge in [0.25, 0.3) is 0 Å². The average molecular weight is 454 g/mol. The minimum atomic E-state index is 0.748. The van der Waals surface area contributed by atoms with Crippen LogP contribution in [0.3, 0.4) is 0 Å². The van der Waals surface area contributed by atoms with Gasteiger partial charge >= 0.3 is 0 Å². The highest BCUT2D eigenvalue weighted by atomic mass is 32.1. The van der Waals surface area contributed by atoms with Gasteiger partial charge < -0.3 is 19.3 Å². The minimum Gasteiger partial charge on any atom is -0.493 e. The van der Waals surface area contributed by atoms with Gasteiger partial charge in [0.05, 0.1) is 24.4 Å². The second-order valence-corrected chi connectivity index (χ2v) is 9.46. The highest BCUT2D eigenvalue weighted by molar-refractivity contribution is 7.22. The molecule has 0 N–H and O–H groups in total. The first-order valence-electron chi connectivity index (χ1n) is 11.8. The Morgan fingerprint density at radius 3 is 2.53 bits per heavy atom. The van der Waals surface area contributed by atoms with Crippen molar-refractivity contribution >= 4 is 32.4 Å². The summed E-state index contributed by atoms with van der Waals surface area (Å²) in [6.45, 7) is 6.85. The first-order chi connectivity index (χ1) is 15.7. The summed E-state index contributed by atoms with van der Waals surface area (Å²) in [6, 6.07) is 12.8. The van der Waals surface area contributed by atoms with E-state index in [0.717, 1.165) is 47.2 Å². The van der Waals surface area contributed by atoms with E-state index in [9.17, 15) is 0 Å². The van der Waals surface area contributed by atoms with E-state index in [4.69, 9.17) is 14.5 Å². The van der Waals surface area contributed by atoms with Crippen molar-refractivity contribution in [3.8, 4) is 11.5 Å². The lowest BCUT2D eigenvalue weighted by Crippen LogP contribution is -2.31. The molecule has 32 heavy (non-hydrogen) atoms. The van der Waals surface area contributed by atoms with Gasteiger partial charge in [0.15, 0.2) is 16.6 Å². The van der Waals surface area contributed by atoms with E-state index in [-0.39, 0.29) is 0 Å². The summed E-state index contributed by atoms with van der Waals surface area (Å²) in [5.74, 6) is 1.50. The van der Waals surface area contributed by atoms with Gasteiger partial charge in [0.2, 0.25) is 0 Å². The molecule has 0 spiro atoms. The Morgan fingerprint density at radius 1 is 0.969 bits per heavy atom. The number of benzene rings is 2. The van der Waals surface area contributed by atoms with Crippen LogP contribution in [0, 0.1) is 0 Å². The van der Waals surface area contributed by atoms with Gasteiger partial charge in [-0.25, -0.2) is 4.98 Å². The molecule has 1 aliphatic heterocycles. The van der Waals surface area contributed by atoms with Crippen LogP contribution in [0.25, 0.3) is 10.2 Å². The average Bonchev–Trinajstić information content (AvgIpc) is 3.27. The zero-order valence-electron chi connectivity index (χ0n) is 19.6. The number of piperidine rings is 1. The number of likely N-dealkylation sites (tertiary alicyclic amines) is 1. The third-order valence-electron chi connectivity index (χ3n) is 6.31. The van der Waals surface area contributed by atoms with Crippen LogP contribution >= 0.6 is 11.3 Å². The number of methoxy groups -OCH3 is 2. The van der Waals surface area contributed by atoms with E-state index < -0.39 is 0 Å². The molecule has 0 amide bonds. The summed E-state index contributed by atoms with van der Waals surface area (Å²) >= 11 is 1.77. The number of thiazole rings is 1. The summed E-state index contributed by atoms with van der Waals surface area (Å²) in [6.07, 6.45) is 7.46. The van der Waals surface area contributed by atoms with Gasteiger partial charge in [-0.1, -0.05) is 30.7 Å². The van der Waals surface area contributed by atoms with E-state index in [1.54, 1.807) is 25.6 Å². The molecule has 6 heteroatoms. The summed E-state index contributed by atoms with van der Waals surface area (Å²) in [7, 11) is 3.36. The number of hydrogen-bond donors (Lipinski definition) is 0. The highest BCUT2D eigenvalue weighted by Gasteiger charge is 2.17. The lowest BCUT2D eigenvalue weighted by molar-refractivity contribution is 0.225. The van der Waals surface area contributed by atoms with E-state index in [2.05, 4.69) is 47.1 Å². The number of anilines is 2. The van der Waals surface area contributed by atoms with E-state index in [1.807, 2.05) is 6.07 Å². The van der Waals surface area contributed by atoms with Crippen molar-refractivity contribution in [3.63, 3.8) is 0 Å². The van der Waals surface area contributed by atoms with E-state index >= 15 is 0 Å². The summed E-state index contributed by atoms with van der Waals surface area (Å²) in [5, 5.41) is 1.04. The Balaban J connectivity index is 1.56. The fourth-order valence-corrected chi connectivity index (χ4v) is 5.48. The molecular formula is C26H35N3O2S. The number of fused-ring (bicyclic) bond motifs is 1. The van der Waals surface area contributed by atoms with Crippen LogP contribution in [0.2, 0.25) is 0 Å². The second-order valence-electron chi connectivity index (χ2n) is 8.45. The normalized spacial score (nSPS) is 14.6. The lowest BCUT2D eigenvalue weighted by atomic mass is 10.1. The number of aryl methyl sites for hydroxylation is 1. The molecule has 0 saturated carbocycles. The molecule has 1 aliphatic rings. The molecule has 0 radical (unpaired) electrons. The molecule has 0 atom stereocenters. The van der Waals surface area contributed by atoms with Crippen LogP contribution in [-0.2, 0) is 6.42 Å². The zero-order chi connectivity index (χ0) is 22.3. The topological polar surface area (TPSA) is 37.8 Å². The summed E-state index contributed by atoms with van der Waals surface area (Å²) in [4.78, 5) is 9.95. The van der Waals surface area contributed by atoms with Crippen LogP contribution in [0.15, 0.2) is 36.4 Å².